The Morgan fingerprint density at radius 2 is 2.12 bits per heavy atom. The second-order valence-electron chi connectivity index (χ2n) is 5.54. The van der Waals surface area contributed by atoms with Crippen LogP contribution in [0.4, 0.5) is 0 Å². The number of carbonyl (C=O) groups excluding carboxylic acids is 1. The maximum Gasteiger partial charge on any atom is 0.274 e. The first kappa shape index (κ1) is 17.2. The van der Waals surface area contributed by atoms with Gasteiger partial charge in [-0.1, -0.05) is 31.5 Å². The molecule has 130 valence electrons. The fraction of sp³-hybridized carbons (Fsp3) is 0.263. The summed E-state index contributed by atoms with van der Waals surface area (Å²) in [7, 11) is 0. The van der Waals surface area contributed by atoms with Gasteiger partial charge < -0.3 is 14.5 Å². The molecule has 6 heteroatoms. The number of rotatable bonds is 8. The van der Waals surface area contributed by atoms with E-state index in [9.17, 15) is 4.79 Å². The van der Waals surface area contributed by atoms with Crippen LogP contribution in [-0.4, -0.2) is 17.5 Å². The van der Waals surface area contributed by atoms with Crippen LogP contribution in [0.5, 0.6) is 5.75 Å². The molecule has 0 aliphatic rings. The van der Waals surface area contributed by atoms with Gasteiger partial charge in [-0.3, -0.25) is 4.79 Å². The fourth-order valence-corrected chi connectivity index (χ4v) is 3.01. The zero-order valence-corrected chi connectivity index (χ0v) is 14.8. The molecule has 1 amide bonds. The molecule has 0 saturated heterocycles. The summed E-state index contributed by atoms with van der Waals surface area (Å²) in [6.45, 7) is 3.28. The van der Waals surface area contributed by atoms with E-state index in [4.69, 9.17) is 9.15 Å². The predicted molar refractivity (Wildman–Crippen MR) is 97.8 cm³/mol. The Balaban J connectivity index is 1.57. The molecule has 5 nitrogen and oxygen atoms in total. The first-order chi connectivity index (χ1) is 12.3. The van der Waals surface area contributed by atoms with Crippen molar-refractivity contribution in [3.8, 4) is 16.4 Å². The lowest BCUT2D eigenvalue weighted by molar-refractivity contribution is 0.0947. The molecule has 2 aromatic heterocycles. The van der Waals surface area contributed by atoms with Crippen molar-refractivity contribution in [3.63, 3.8) is 0 Å². The number of oxazole rings is 1. The number of benzene rings is 1. The third-order valence-electron chi connectivity index (χ3n) is 3.67. The van der Waals surface area contributed by atoms with E-state index >= 15 is 0 Å². The van der Waals surface area contributed by atoms with E-state index in [2.05, 4.69) is 17.2 Å². The van der Waals surface area contributed by atoms with Crippen LogP contribution in [-0.2, 0) is 6.54 Å². The van der Waals surface area contributed by atoms with Crippen LogP contribution in [0.15, 0.2) is 52.6 Å². The van der Waals surface area contributed by atoms with Crippen LogP contribution >= 0.6 is 11.3 Å². The van der Waals surface area contributed by atoms with Crippen LogP contribution in [0.2, 0.25) is 0 Å². The molecule has 0 saturated carbocycles. The summed E-state index contributed by atoms with van der Waals surface area (Å²) in [5.41, 5.74) is 1.30. The largest absolute Gasteiger partial charge is 0.494 e. The third-order valence-corrected chi connectivity index (χ3v) is 4.54. The van der Waals surface area contributed by atoms with Crippen molar-refractivity contribution in [1.82, 2.24) is 10.3 Å². The Bertz CT molecular complexity index is 794. The topological polar surface area (TPSA) is 64.4 Å². The first-order valence-electron chi connectivity index (χ1n) is 8.25. The zero-order chi connectivity index (χ0) is 17.5. The SMILES string of the molecule is CCCCOc1ccc(CNC(=O)c2ncoc2-c2cccs2)cc1. The number of amides is 1. The molecule has 1 N–H and O–H groups in total. The predicted octanol–water partition coefficient (Wildman–Crippen LogP) is 4.51. The second-order valence-corrected chi connectivity index (χ2v) is 6.48. The summed E-state index contributed by atoms with van der Waals surface area (Å²) in [6, 6.07) is 11.6. The molecule has 25 heavy (non-hydrogen) atoms. The van der Waals surface area contributed by atoms with E-state index in [1.165, 1.54) is 17.7 Å². The van der Waals surface area contributed by atoms with E-state index in [0.717, 1.165) is 35.6 Å². The van der Waals surface area contributed by atoms with Gasteiger partial charge in [0.05, 0.1) is 11.5 Å². The molecule has 0 aliphatic heterocycles. The molecule has 0 aliphatic carbocycles. The molecule has 3 aromatic rings. The quantitative estimate of drug-likeness (QED) is 0.603. The lowest BCUT2D eigenvalue weighted by atomic mass is 10.2. The average Bonchev–Trinajstić information content (AvgIpc) is 3.32. The highest BCUT2D eigenvalue weighted by molar-refractivity contribution is 7.13. The van der Waals surface area contributed by atoms with Gasteiger partial charge in [0.2, 0.25) is 0 Å². The molecule has 0 fully saturated rings. The summed E-state index contributed by atoms with van der Waals surface area (Å²) in [4.78, 5) is 17.3. The van der Waals surface area contributed by atoms with Gasteiger partial charge in [-0.15, -0.1) is 11.3 Å². The van der Waals surface area contributed by atoms with Crippen LogP contribution in [0.25, 0.3) is 10.6 Å². The van der Waals surface area contributed by atoms with E-state index < -0.39 is 0 Å². The molecular weight excluding hydrogens is 336 g/mol. The minimum atomic E-state index is -0.250. The highest BCUT2D eigenvalue weighted by atomic mass is 32.1. The molecule has 0 unspecified atom stereocenters. The Kier molecular flexibility index (Phi) is 5.85. The Labute approximate surface area is 150 Å². The Morgan fingerprint density at radius 1 is 1.28 bits per heavy atom. The maximum atomic E-state index is 12.4. The number of ether oxygens (including phenoxy) is 1. The van der Waals surface area contributed by atoms with Gasteiger partial charge in [-0.25, -0.2) is 4.98 Å². The van der Waals surface area contributed by atoms with E-state index in [0.29, 0.717) is 18.0 Å². The average molecular weight is 356 g/mol. The lowest BCUT2D eigenvalue weighted by Gasteiger charge is -2.07. The summed E-state index contributed by atoms with van der Waals surface area (Å²) in [5.74, 6) is 1.10. The number of carbonyl (C=O) groups is 1. The highest BCUT2D eigenvalue weighted by Gasteiger charge is 2.18. The van der Waals surface area contributed by atoms with Gasteiger partial charge >= 0.3 is 0 Å². The summed E-state index contributed by atoms with van der Waals surface area (Å²) in [5, 5.41) is 4.81. The molecule has 3 rings (SSSR count). The van der Waals surface area contributed by atoms with Crippen LogP contribution in [0, 0.1) is 0 Å². The van der Waals surface area contributed by atoms with Gasteiger partial charge in [0.25, 0.3) is 5.91 Å². The minimum absolute atomic E-state index is 0.250. The lowest BCUT2D eigenvalue weighted by Crippen LogP contribution is -2.23. The molecule has 0 bridgehead atoms. The molecular formula is C19H20N2O3S. The highest BCUT2D eigenvalue weighted by Crippen LogP contribution is 2.27. The Hall–Kier alpha value is -2.60. The zero-order valence-electron chi connectivity index (χ0n) is 14.0. The minimum Gasteiger partial charge on any atom is -0.494 e. The molecule has 1 aromatic carbocycles. The molecule has 0 atom stereocenters. The van der Waals surface area contributed by atoms with Crippen molar-refractivity contribution in [1.29, 1.82) is 0 Å². The second kappa shape index (κ2) is 8.48. The van der Waals surface area contributed by atoms with Crippen molar-refractivity contribution in [2.75, 3.05) is 6.61 Å². The fourth-order valence-electron chi connectivity index (χ4n) is 2.29. The van der Waals surface area contributed by atoms with Crippen molar-refractivity contribution in [3.05, 3.63) is 59.4 Å². The van der Waals surface area contributed by atoms with Gasteiger partial charge in [0, 0.05) is 6.54 Å². The molecule has 0 radical (unpaired) electrons. The number of aromatic nitrogens is 1. The molecule has 0 spiro atoms. The van der Waals surface area contributed by atoms with Gasteiger partial charge in [0.1, 0.15) is 5.75 Å². The number of thiophene rings is 1. The van der Waals surface area contributed by atoms with Gasteiger partial charge in [-0.2, -0.15) is 0 Å². The third kappa shape index (κ3) is 4.48. The first-order valence-corrected chi connectivity index (χ1v) is 9.13. The maximum absolute atomic E-state index is 12.4. The monoisotopic (exact) mass is 356 g/mol. The van der Waals surface area contributed by atoms with Crippen molar-refractivity contribution in [2.24, 2.45) is 0 Å². The van der Waals surface area contributed by atoms with Crippen LogP contribution < -0.4 is 10.1 Å². The number of unbranched alkanes of at least 4 members (excludes halogenated alkanes) is 1. The van der Waals surface area contributed by atoms with Gasteiger partial charge in [-0.05, 0) is 35.6 Å². The summed E-state index contributed by atoms with van der Waals surface area (Å²) < 4.78 is 11.0. The van der Waals surface area contributed by atoms with E-state index in [-0.39, 0.29) is 5.91 Å². The smallest absolute Gasteiger partial charge is 0.274 e. The van der Waals surface area contributed by atoms with Crippen molar-refractivity contribution in [2.45, 2.75) is 26.3 Å². The van der Waals surface area contributed by atoms with Crippen molar-refractivity contribution >= 4 is 17.2 Å². The van der Waals surface area contributed by atoms with E-state index in [1.807, 2.05) is 41.8 Å². The number of hydrogen-bond donors (Lipinski definition) is 1. The van der Waals surface area contributed by atoms with E-state index in [1.54, 1.807) is 0 Å². The van der Waals surface area contributed by atoms with Crippen LogP contribution in [0.3, 0.4) is 0 Å². The molecule has 2 heterocycles. The standard InChI is InChI=1S/C19H20N2O3S/c1-2-3-10-23-15-8-6-14(7-9-15)12-20-19(22)17-18(24-13-21-17)16-5-4-11-25-16/h4-9,11,13H,2-3,10,12H2,1H3,(H,20,22). The summed E-state index contributed by atoms with van der Waals surface area (Å²) in [6.07, 6.45) is 3.45. The van der Waals surface area contributed by atoms with Crippen molar-refractivity contribution < 1.29 is 13.9 Å². The summed E-state index contributed by atoms with van der Waals surface area (Å²) >= 11 is 1.51. The Morgan fingerprint density at radius 3 is 2.84 bits per heavy atom. The normalized spacial score (nSPS) is 10.6. The number of hydrogen-bond acceptors (Lipinski definition) is 5. The number of nitrogens with one attached hydrogen (secondary N) is 1. The number of nitrogens with zero attached hydrogens (tertiary/aromatic N) is 1. The van der Waals surface area contributed by atoms with Crippen LogP contribution in [0.1, 0.15) is 35.8 Å². The van der Waals surface area contributed by atoms with Gasteiger partial charge in [0.15, 0.2) is 17.8 Å².